The van der Waals surface area contributed by atoms with Gasteiger partial charge < -0.3 is 4.74 Å². The molecular formula is C25H19N3O3S2. The van der Waals surface area contributed by atoms with Gasteiger partial charge in [-0.25, -0.2) is 14.8 Å². The summed E-state index contributed by atoms with van der Waals surface area (Å²) >= 11 is 2.89. The van der Waals surface area contributed by atoms with Gasteiger partial charge in [-0.15, -0.1) is 11.3 Å². The lowest BCUT2D eigenvalue weighted by molar-refractivity contribution is -0.124. The molecule has 0 aliphatic rings. The number of nitrogens with zero attached hydrogens (tertiary/aromatic N) is 2. The first-order valence-electron chi connectivity index (χ1n) is 10.4. The van der Waals surface area contributed by atoms with E-state index in [4.69, 9.17) is 4.74 Å². The molecule has 5 aromatic rings. The standard InChI is InChI=1S/C25H19N3O3S2/c1-2-19(22(29)28-25-27-18-12-6-8-14-21(18)33-25)31-24(30)16-10-4-3-9-15(16)23-26-17-11-5-7-13-20(17)32-23/h3-14,19H,2H2,1H3,(H,27,28,29). The molecule has 0 saturated heterocycles. The minimum absolute atomic E-state index is 0.339. The number of anilines is 1. The van der Waals surface area contributed by atoms with E-state index in [9.17, 15) is 9.59 Å². The second-order valence-corrected chi connectivity index (χ2v) is 9.37. The Bertz CT molecular complexity index is 1410. The van der Waals surface area contributed by atoms with Crippen LogP contribution in [0.2, 0.25) is 0 Å². The third-order valence-electron chi connectivity index (χ3n) is 5.11. The van der Waals surface area contributed by atoms with Gasteiger partial charge in [-0.2, -0.15) is 0 Å². The molecule has 0 aliphatic carbocycles. The summed E-state index contributed by atoms with van der Waals surface area (Å²) in [4.78, 5) is 35.0. The van der Waals surface area contributed by atoms with Gasteiger partial charge >= 0.3 is 5.97 Å². The summed E-state index contributed by atoms with van der Waals surface area (Å²) in [6.07, 6.45) is -0.598. The van der Waals surface area contributed by atoms with Crippen LogP contribution in [0.15, 0.2) is 72.8 Å². The number of ether oxygens (including phenoxy) is 1. The van der Waals surface area contributed by atoms with E-state index in [0.717, 1.165) is 25.4 Å². The zero-order chi connectivity index (χ0) is 22.8. The lowest BCUT2D eigenvalue weighted by Crippen LogP contribution is -2.32. The van der Waals surface area contributed by atoms with Crippen molar-refractivity contribution < 1.29 is 14.3 Å². The quantitative estimate of drug-likeness (QED) is 0.299. The van der Waals surface area contributed by atoms with Crippen molar-refractivity contribution in [3.63, 3.8) is 0 Å². The topological polar surface area (TPSA) is 81.2 Å². The fourth-order valence-electron chi connectivity index (χ4n) is 3.46. The van der Waals surface area contributed by atoms with E-state index in [1.807, 2.05) is 60.7 Å². The van der Waals surface area contributed by atoms with Crippen molar-refractivity contribution in [1.82, 2.24) is 9.97 Å². The number of carbonyl (C=O) groups is 2. The molecule has 1 atom stereocenters. The molecule has 1 N–H and O–H groups in total. The van der Waals surface area contributed by atoms with E-state index in [1.54, 1.807) is 19.1 Å². The molecular weight excluding hydrogens is 454 g/mol. The van der Waals surface area contributed by atoms with Crippen molar-refractivity contribution in [1.29, 1.82) is 0 Å². The molecule has 2 heterocycles. The van der Waals surface area contributed by atoms with Gasteiger partial charge in [0.1, 0.15) is 5.01 Å². The van der Waals surface area contributed by atoms with Crippen molar-refractivity contribution in [2.75, 3.05) is 5.32 Å². The van der Waals surface area contributed by atoms with E-state index >= 15 is 0 Å². The van der Waals surface area contributed by atoms with Crippen molar-refractivity contribution in [3.8, 4) is 10.6 Å². The van der Waals surface area contributed by atoms with E-state index < -0.39 is 18.0 Å². The number of amides is 1. The second-order valence-electron chi connectivity index (χ2n) is 7.31. The molecule has 0 spiro atoms. The number of benzene rings is 3. The van der Waals surface area contributed by atoms with Gasteiger partial charge in [0.25, 0.3) is 5.91 Å². The maximum absolute atomic E-state index is 13.1. The van der Waals surface area contributed by atoms with Gasteiger partial charge in [0.2, 0.25) is 0 Å². The molecule has 2 aromatic heterocycles. The molecule has 5 rings (SSSR count). The van der Waals surface area contributed by atoms with E-state index in [0.29, 0.717) is 22.7 Å². The Morgan fingerprint density at radius 2 is 1.52 bits per heavy atom. The molecule has 33 heavy (non-hydrogen) atoms. The first-order valence-corrected chi connectivity index (χ1v) is 12.1. The van der Waals surface area contributed by atoms with Crippen LogP contribution in [0.4, 0.5) is 5.13 Å². The molecule has 0 radical (unpaired) electrons. The van der Waals surface area contributed by atoms with Crippen LogP contribution in [0.3, 0.4) is 0 Å². The number of fused-ring (bicyclic) bond motifs is 2. The Morgan fingerprint density at radius 1 is 0.879 bits per heavy atom. The summed E-state index contributed by atoms with van der Waals surface area (Å²) in [5.74, 6) is -0.960. The highest BCUT2D eigenvalue weighted by molar-refractivity contribution is 7.22. The predicted molar refractivity (Wildman–Crippen MR) is 133 cm³/mol. The molecule has 0 aliphatic heterocycles. The highest BCUT2D eigenvalue weighted by Gasteiger charge is 2.25. The number of rotatable bonds is 6. The number of nitrogens with one attached hydrogen (secondary N) is 1. The van der Waals surface area contributed by atoms with Crippen LogP contribution in [-0.4, -0.2) is 27.9 Å². The fourth-order valence-corrected chi connectivity index (χ4v) is 5.34. The predicted octanol–water partition coefficient (Wildman–Crippen LogP) is 6.15. The van der Waals surface area contributed by atoms with Gasteiger partial charge in [0.05, 0.1) is 26.0 Å². The zero-order valence-corrected chi connectivity index (χ0v) is 19.3. The molecule has 0 fully saturated rings. The van der Waals surface area contributed by atoms with Crippen LogP contribution in [0.1, 0.15) is 23.7 Å². The zero-order valence-electron chi connectivity index (χ0n) is 17.6. The minimum atomic E-state index is -0.937. The van der Waals surface area contributed by atoms with Crippen LogP contribution in [0, 0.1) is 0 Å². The summed E-state index contributed by atoms with van der Waals surface area (Å²) < 4.78 is 7.65. The normalized spacial score (nSPS) is 12.0. The number of esters is 1. The Balaban J connectivity index is 1.36. The summed E-state index contributed by atoms with van der Waals surface area (Å²) in [5.41, 5.74) is 2.75. The van der Waals surface area contributed by atoms with Gasteiger partial charge in [-0.05, 0) is 36.8 Å². The van der Waals surface area contributed by atoms with Crippen molar-refractivity contribution in [2.24, 2.45) is 0 Å². The van der Waals surface area contributed by atoms with Crippen molar-refractivity contribution in [2.45, 2.75) is 19.4 Å². The van der Waals surface area contributed by atoms with Crippen LogP contribution >= 0.6 is 22.7 Å². The Hall–Kier alpha value is -3.62. The third kappa shape index (κ3) is 4.35. The number of hydrogen-bond donors (Lipinski definition) is 1. The number of carbonyl (C=O) groups excluding carboxylic acids is 2. The molecule has 0 bridgehead atoms. The van der Waals surface area contributed by atoms with E-state index in [-0.39, 0.29) is 0 Å². The monoisotopic (exact) mass is 473 g/mol. The van der Waals surface area contributed by atoms with E-state index in [1.165, 1.54) is 22.7 Å². The van der Waals surface area contributed by atoms with Crippen LogP contribution < -0.4 is 5.32 Å². The van der Waals surface area contributed by atoms with Crippen molar-refractivity contribution >= 4 is 60.1 Å². The van der Waals surface area contributed by atoms with Gasteiger partial charge in [0.15, 0.2) is 11.2 Å². The van der Waals surface area contributed by atoms with Crippen LogP contribution in [0.5, 0.6) is 0 Å². The van der Waals surface area contributed by atoms with Gasteiger partial charge in [-0.1, -0.05) is 60.7 Å². The molecule has 0 saturated carbocycles. The third-order valence-corrected chi connectivity index (χ3v) is 7.13. The van der Waals surface area contributed by atoms with Gasteiger partial charge in [-0.3, -0.25) is 10.1 Å². The molecule has 1 amide bonds. The molecule has 1 unspecified atom stereocenters. The Kier molecular flexibility index (Phi) is 5.85. The Labute approximate surface area is 197 Å². The second kappa shape index (κ2) is 9.09. The molecule has 8 heteroatoms. The molecule has 6 nitrogen and oxygen atoms in total. The Morgan fingerprint density at radius 3 is 2.21 bits per heavy atom. The maximum Gasteiger partial charge on any atom is 0.339 e. The summed E-state index contributed by atoms with van der Waals surface area (Å²) in [5, 5.41) is 3.99. The first kappa shape index (κ1) is 21.2. The summed E-state index contributed by atoms with van der Waals surface area (Å²) in [7, 11) is 0. The molecule has 164 valence electrons. The highest BCUT2D eigenvalue weighted by Crippen LogP contribution is 2.32. The number of thiazole rings is 2. The smallest absolute Gasteiger partial charge is 0.339 e. The largest absolute Gasteiger partial charge is 0.449 e. The van der Waals surface area contributed by atoms with E-state index in [2.05, 4.69) is 15.3 Å². The molecule has 3 aromatic carbocycles. The SMILES string of the molecule is CCC(OC(=O)c1ccccc1-c1nc2ccccc2s1)C(=O)Nc1nc2ccccc2s1. The highest BCUT2D eigenvalue weighted by atomic mass is 32.1. The fraction of sp³-hybridized carbons (Fsp3) is 0.120. The minimum Gasteiger partial charge on any atom is -0.449 e. The average Bonchev–Trinajstić information content (AvgIpc) is 3.45. The summed E-state index contributed by atoms with van der Waals surface area (Å²) in [6.45, 7) is 1.80. The number of para-hydroxylation sites is 2. The first-order chi connectivity index (χ1) is 16.1. The van der Waals surface area contributed by atoms with Gasteiger partial charge in [0, 0.05) is 5.56 Å². The van der Waals surface area contributed by atoms with Crippen molar-refractivity contribution in [3.05, 3.63) is 78.4 Å². The number of hydrogen-bond acceptors (Lipinski definition) is 7. The van der Waals surface area contributed by atoms with Crippen LogP contribution in [0.25, 0.3) is 31.0 Å². The lowest BCUT2D eigenvalue weighted by atomic mass is 10.1. The maximum atomic E-state index is 13.1. The van der Waals surface area contributed by atoms with Crippen LogP contribution in [-0.2, 0) is 9.53 Å². The summed E-state index contributed by atoms with van der Waals surface area (Å²) in [6, 6.07) is 22.6. The average molecular weight is 474 g/mol. The number of aromatic nitrogens is 2. The lowest BCUT2D eigenvalue weighted by Gasteiger charge is -2.16.